The minimum Gasteiger partial charge on any atom is -0.497 e. The van der Waals surface area contributed by atoms with Gasteiger partial charge in [-0.25, -0.2) is 4.68 Å². The Balaban J connectivity index is 1.68. The molecule has 3 aromatic heterocycles. The topological polar surface area (TPSA) is 73.0 Å². The molecule has 4 aromatic rings. The van der Waals surface area contributed by atoms with Crippen molar-refractivity contribution in [3.63, 3.8) is 0 Å². The fourth-order valence-corrected chi connectivity index (χ4v) is 4.79. The zero-order chi connectivity index (χ0) is 22.2. The number of methoxy groups -OCH3 is 1. The van der Waals surface area contributed by atoms with E-state index in [0.717, 1.165) is 34.1 Å². The van der Waals surface area contributed by atoms with Gasteiger partial charge in [-0.2, -0.15) is 0 Å². The summed E-state index contributed by atoms with van der Waals surface area (Å²) in [6.07, 6.45) is 5.19. The maximum atomic E-state index is 5.83. The van der Waals surface area contributed by atoms with Crippen molar-refractivity contribution in [2.45, 2.75) is 25.9 Å². The van der Waals surface area contributed by atoms with E-state index >= 15 is 0 Å². The Morgan fingerprint density at radius 3 is 2.56 bits per heavy atom. The first-order valence-electron chi connectivity index (χ1n) is 10.3. The second-order valence-corrected chi connectivity index (χ2v) is 8.06. The molecule has 1 aliphatic heterocycles. The molecular formula is C23H23N7OS. The number of aryl methyl sites for hydroxylation is 1. The number of nitrogens with zero attached hydrogens (tertiary/aromatic N) is 6. The zero-order valence-corrected chi connectivity index (χ0v) is 18.8. The van der Waals surface area contributed by atoms with Gasteiger partial charge in [0.15, 0.2) is 5.11 Å². The van der Waals surface area contributed by atoms with Gasteiger partial charge in [0.05, 0.1) is 24.9 Å². The Kier molecular flexibility index (Phi) is 5.10. The summed E-state index contributed by atoms with van der Waals surface area (Å²) in [7, 11) is 1.67. The Hall–Kier alpha value is -3.72. The summed E-state index contributed by atoms with van der Waals surface area (Å²) in [6, 6.07) is 15.9. The largest absolute Gasteiger partial charge is 0.497 e. The second-order valence-electron chi connectivity index (χ2n) is 7.68. The quantitative estimate of drug-likeness (QED) is 0.471. The molecule has 1 fully saturated rings. The van der Waals surface area contributed by atoms with Crippen molar-refractivity contribution in [1.82, 2.24) is 29.9 Å². The number of ether oxygens (including phenoxy) is 1. The molecule has 1 N–H and O–H groups in total. The SMILES string of the molecule is COc1cccc(N2C(=S)N[C@@H](c3ccccn3)[C@@H]2c2cc(C)n(-n3cnnc3)c2C)c1. The summed E-state index contributed by atoms with van der Waals surface area (Å²) in [5, 5.41) is 12.1. The van der Waals surface area contributed by atoms with Crippen LogP contribution in [0.3, 0.4) is 0 Å². The summed E-state index contributed by atoms with van der Waals surface area (Å²) < 4.78 is 9.44. The van der Waals surface area contributed by atoms with E-state index in [4.69, 9.17) is 17.0 Å². The Morgan fingerprint density at radius 2 is 1.84 bits per heavy atom. The molecule has 1 aromatic carbocycles. The molecule has 1 aliphatic rings. The number of rotatable bonds is 5. The lowest BCUT2D eigenvalue weighted by Crippen LogP contribution is -2.29. The van der Waals surface area contributed by atoms with Crippen molar-refractivity contribution < 1.29 is 4.74 Å². The highest BCUT2D eigenvalue weighted by molar-refractivity contribution is 7.80. The van der Waals surface area contributed by atoms with Crippen LogP contribution in [0.25, 0.3) is 0 Å². The Labute approximate surface area is 191 Å². The zero-order valence-electron chi connectivity index (χ0n) is 18.0. The lowest BCUT2D eigenvalue weighted by Gasteiger charge is -2.28. The van der Waals surface area contributed by atoms with Crippen molar-refractivity contribution in [3.05, 3.63) is 90.0 Å². The van der Waals surface area contributed by atoms with Gasteiger partial charge in [0.25, 0.3) is 0 Å². The number of hydrogen-bond donors (Lipinski definition) is 1. The molecule has 0 unspecified atom stereocenters. The van der Waals surface area contributed by atoms with Crippen molar-refractivity contribution >= 4 is 23.0 Å². The lowest BCUT2D eigenvalue weighted by molar-refractivity contribution is 0.415. The number of anilines is 1. The standard InChI is InChI=1S/C23H23N7OS/c1-15-11-19(16(2)30(15)28-13-25-26-14-28)22-21(20-9-4-5-10-24-20)27-23(32)29(22)17-7-6-8-18(12-17)31-3/h4-14,21-22H,1-3H3,(H,27,32)/t21-,22-/m0/s1. The summed E-state index contributed by atoms with van der Waals surface area (Å²) >= 11 is 5.83. The molecule has 0 saturated carbocycles. The molecule has 32 heavy (non-hydrogen) atoms. The van der Waals surface area contributed by atoms with Crippen molar-refractivity contribution in [2.75, 3.05) is 12.0 Å². The molecule has 4 heterocycles. The van der Waals surface area contributed by atoms with E-state index in [1.807, 2.05) is 53.3 Å². The first kappa shape index (κ1) is 20.2. The predicted molar refractivity (Wildman–Crippen MR) is 126 cm³/mol. The van der Waals surface area contributed by atoms with Gasteiger partial charge in [-0.3, -0.25) is 9.66 Å². The smallest absolute Gasteiger partial charge is 0.174 e. The van der Waals surface area contributed by atoms with Gasteiger partial charge in [-0.1, -0.05) is 12.1 Å². The molecule has 0 amide bonds. The minimum absolute atomic E-state index is 0.110. The van der Waals surface area contributed by atoms with E-state index in [9.17, 15) is 0 Å². The van der Waals surface area contributed by atoms with Crippen LogP contribution in [-0.2, 0) is 0 Å². The third kappa shape index (κ3) is 3.31. The fourth-order valence-electron chi connectivity index (χ4n) is 4.44. The van der Waals surface area contributed by atoms with E-state index in [-0.39, 0.29) is 12.1 Å². The lowest BCUT2D eigenvalue weighted by atomic mass is 9.96. The van der Waals surface area contributed by atoms with Crippen molar-refractivity contribution in [3.8, 4) is 5.75 Å². The molecule has 9 heteroatoms. The maximum Gasteiger partial charge on any atom is 0.174 e. The third-order valence-electron chi connectivity index (χ3n) is 5.82. The molecule has 5 rings (SSSR count). The molecule has 162 valence electrons. The van der Waals surface area contributed by atoms with E-state index in [1.165, 1.54) is 0 Å². The molecule has 1 saturated heterocycles. The maximum absolute atomic E-state index is 5.83. The summed E-state index contributed by atoms with van der Waals surface area (Å²) in [4.78, 5) is 6.78. The molecule has 0 radical (unpaired) electrons. The van der Waals surface area contributed by atoms with Crippen LogP contribution < -0.4 is 15.0 Å². The van der Waals surface area contributed by atoms with Crippen LogP contribution in [-0.4, -0.2) is 36.8 Å². The fraction of sp³-hybridized carbons (Fsp3) is 0.217. The normalized spacial score (nSPS) is 18.1. The number of hydrogen-bond acceptors (Lipinski definition) is 5. The molecular weight excluding hydrogens is 422 g/mol. The van der Waals surface area contributed by atoms with Crippen molar-refractivity contribution in [2.24, 2.45) is 0 Å². The molecule has 0 aliphatic carbocycles. The van der Waals surface area contributed by atoms with Gasteiger partial charge in [-0.05, 0) is 56.4 Å². The van der Waals surface area contributed by atoms with Gasteiger partial charge in [0.1, 0.15) is 18.4 Å². The van der Waals surface area contributed by atoms with Gasteiger partial charge in [0.2, 0.25) is 0 Å². The van der Waals surface area contributed by atoms with Crippen LogP contribution in [0.4, 0.5) is 5.69 Å². The number of benzene rings is 1. The second kappa shape index (κ2) is 8.08. The van der Waals surface area contributed by atoms with Crippen molar-refractivity contribution in [1.29, 1.82) is 0 Å². The highest BCUT2D eigenvalue weighted by Crippen LogP contribution is 2.43. The predicted octanol–water partition coefficient (Wildman–Crippen LogP) is 3.59. The van der Waals surface area contributed by atoms with Gasteiger partial charge in [-0.15, -0.1) is 10.2 Å². The van der Waals surface area contributed by atoms with E-state index in [0.29, 0.717) is 5.11 Å². The van der Waals surface area contributed by atoms with E-state index < -0.39 is 0 Å². The van der Waals surface area contributed by atoms with Gasteiger partial charge < -0.3 is 15.0 Å². The highest BCUT2D eigenvalue weighted by atomic mass is 32.1. The molecule has 0 spiro atoms. The Morgan fingerprint density at radius 1 is 1.03 bits per heavy atom. The van der Waals surface area contributed by atoms with E-state index in [2.05, 4.69) is 50.0 Å². The number of nitrogens with one attached hydrogen (secondary N) is 1. The summed E-state index contributed by atoms with van der Waals surface area (Å²) in [5.74, 6) is 0.778. The number of thiocarbonyl (C=S) groups is 1. The van der Waals surface area contributed by atoms with Crippen LogP contribution in [0, 0.1) is 13.8 Å². The average molecular weight is 446 g/mol. The van der Waals surface area contributed by atoms with Gasteiger partial charge >= 0.3 is 0 Å². The first-order valence-corrected chi connectivity index (χ1v) is 10.7. The highest BCUT2D eigenvalue weighted by Gasteiger charge is 2.42. The van der Waals surface area contributed by atoms with Crippen LogP contribution in [0.5, 0.6) is 5.75 Å². The molecule has 0 bridgehead atoms. The summed E-state index contributed by atoms with van der Waals surface area (Å²) in [5.41, 5.74) is 5.17. The summed E-state index contributed by atoms with van der Waals surface area (Å²) in [6.45, 7) is 4.17. The van der Waals surface area contributed by atoms with Gasteiger partial charge in [0, 0.05) is 34.9 Å². The monoisotopic (exact) mass is 445 g/mol. The molecule has 8 nitrogen and oxygen atoms in total. The Bertz CT molecular complexity index is 1250. The third-order valence-corrected chi connectivity index (χ3v) is 6.13. The number of aromatic nitrogens is 5. The van der Waals surface area contributed by atoms with Crippen LogP contribution >= 0.6 is 12.2 Å². The van der Waals surface area contributed by atoms with Crippen LogP contribution in [0.1, 0.15) is 34.7 Å². The van der Waals surface area contributed by atoms with Crippen LogP contribution in [0.2, 0.25) is 0 Å². The first-order chi connectivity index (χ1) is 15.6. The molecule has 2 atom stereocenters. The van der Waals surface area contributed by atoms with E-state index in [1.54, 1.807) is 19.8 Å². The average Bonchev–Trinajstić information content (AvgIpc) is 3.52. The number of pyridine rings is 1. The van der Waals surface area contributed by atoms with Crippen LogP contribution in [0.15, 0.2) is 67.4 Å². The minimum atomic E-state index is -0.121.